The number of nitrogens with zero attached hydrogens (tertiary/aromatic N) is 2. The number of rotatable bonds is 1. The predicted octanol–water partition coefficient (Wildman–Crippen LogP) is 3.37. The molecular weight excluding hydrogens is 208 g/mol. The zero-order valence-corrected chi connectivity index (χ0v) is 10.5. The zero-order chi connectivity index (χ0) is 11.8. The van der Waals surface area contributed by atoms with E-state index in [1.807, 2.05) is 0 Å². The van der Waals surface area contributed by atoms with Crippen molar-refractivity contribution >= 4 is 0 Å². The molecule has 1 aliphatic rings. The standard InChI is InChI=1S/C15H18N2/c1-11-7-9-13(10-8-11)17-15-6-4-3-5-14(15)12(2)16-17/h7-10H,3-6H2,1-2H3. The highest BCUT2D eigenvalue weighted by Gasteiger charge is 2.18. The van der Waals surface area contributed by atoms with E-state index in [0.29, 0.717) is 0 Å². The molecule has 17 heavy (non-hydrogen) atoms. The summed E-state index contributed by atoms with van der Waals surface area (Å²) >= 11 is 0. The van der Waals surface area contributed by atoms with Gasteiger partial charge in [-0.25, -0.2) is 4.68 Å². The number of fused-ring (bicyclic) bond motifs is 1. The van der Waals surface area contributed by atoms with Gasteiger partial charge < -0.3 is 0 Å². The maximum Gasteiger partial charge on any atom is 0.0649 e. The Morgan fingerprint density at radius 1 is 1.00 bits per heavy atom. The van der Waals surface area contributed by atoms with Crippen LogP contribution in [0.3, 0.4) is 0 Å². The predicted molar refractivity (Wildman–Crippen MR) is 69.7 cm³/mol. The van der Waals surface area contributed by atoms with Gasteiger partial charge in [0.1, 0.15) is 0 Å². The molecule has 3 rings (SSSR count). The molecule has 0 unspecified atom stereocenters. The number of hydrogen-bond donors (Lipinski definition) is 0. The van der Waals surface area contributed by atoms with E-state index in [1.165, 1.54) is 53.9 Å². The SMILES string of the molecule is Cc1ccc(-n2nc(C)c3c2CCCC3)cc1. The van der Waals surface area contributed by atoms with Crippen molar-refractivity contribution in [1.29, 1.82) is 0 Å². The molecule has 1 aromatic heterocycles. The highest BCUT2D eigenvalue weighted by Crippen LogP contribution is 2.26. The lowest BCUT2D eigenvalue weighted by molar-refractivity contribution is 0.653. The van der Waals surface area contributed by atoms with Gasteiger partial charge in [-0.2, -0.15) is 5.10 Å². The third-order valence-corrected chi connectivity index (χ3v) is 3.66. The van der Waals surface area contributed by atoms with Crippen LogP contribution in [0.5, 0.6) is 0 Å². The molecule has 0 fully saturated rings. The van der Waals surface area contributed by atoms with Crippen LogP contribution < -0.4 is 0 Å². The molecule has 1 aromatic carbocycles. The molecule has 0 atom stereocenters. The Morgan fingerprint density at radius 2 is 1.71 bits per heavy atom. The average molecular weight is 226 g/mol. The fourth-order valence-electron chi connectivity index (χ4n) is 2.68. The van der Waals surface area contributed by atoms with Crippen molar-refractivity contribution in [3.8, 4) is 5.69 Å². The summed E-state index contributed by atoms with van der Waals surface area (Å²) in [7, 11) is 0. The molecule has 88 valence electrons. The Morgan fingerprint density at radius 3 is 2.47 bits per heavy atom. The van der Waals surface area contributed by atoms with Gasteiger partial charge in [0, 0.05) is 5.69 Å². The normalized spacial score (nSPS) is 14.7. The minimum Gasteiger partial charge on any atom is -0.237 e. The Balaban J connectivity index is 2.11. The lowest BCUT2D eigenvalue weighted by Crippen LogP contribution is -2.07. The van der Waals surface area contributed by atoms with Gasteiger partial charge in [-0.05, 0) is 57.2 Å². The molecular formula is C15H18N2. The van der Waals surface area contributed by atoms with E-state index < -0.39 is 0 Å². The maximum absolute atomic E-state index is 4.71. The van der Waals surface area contributed by atoms with Gasteiger partial charge in [-0.3, -0.25) is 0 Å². The molecule has 1 aliphatic carbocycles. The monoisotopic (exact) mass is 226 g/mol. The first kappa shape index (κ1) is 10.6. The molecule has 1 heterocycles. The smallest absolute Gasteiger partial charge is 0.0649 e. The lowest BCUT2D eigenvalue weighted by atomic mass is 9.96. The molecule has 0 bridgehead atoms. The van der Waals surface area contributed by atoms with E-state index in [9.17, 15) is 0 Å². The van der Waals surface area contributed by atoms with Crippen LogP contribution in [0.4, 0.5) is 0 Å². The van der Waals surface area contributed by atoms with E-state index >= 15 is 0 Å². The molecule has 2 nitrogen and oxygen atoms in total. The fourth-order valence-corrected chi connectivity index (χ4v) is 2.68. The summed E-state index contributed by atoms with van der Waals surface area (Å²) in [4.78, 5) is 0. The topological polar surface area (TPSA) is 17.8 Å². The summed E-state index contributed by atoms with van der Waals surface area (Å²) in [5, 5.41) is 4.71. The van der Waals surface area contributed by atoms with Crippen molar-refractivity contribution in [1.82, 2.24) is 9.78 Å². The molecule has 0 radical (unpaired) electrons. The average Bonchev–Trinajstić information content (AvgIpc) is 2.69. The number of aryl methyl sites for hydroxylation is 2. The Hall–Kier alpha value is -1.57. The Kier molecular flexibility index (Phi) is 2.50. The van der Waals surface area contributed by atoms with E-state index in [-0.39, 0.29) is 0 Å². The van der Waals surface area contributed by atoms with Gasteiger partial charge >= 0.3 is 0 Å². The van der Waals surface area contributed by atoms with Crippen molar-refractivity contribution in [2.45, 2.75) is 39.5 Å². The van der Waals surface area contributed by atoms with Crippen LogP contribution in [-0.4, -0.2) is 9.78 Å². The maximum atomic E-state index is 4.71. The molecule has 0 saturated heterocycles. The van der Waals surface area contributed by atoms with Crippen LogP contribution >= 0.6 is 0 Å². The van der Waals surface area contributed by atoms with Gasteiger partial charge in [-0.15, -0.1) is 0 Å². The molecule has 0 saturated carbocycles. The van der Waals surface area contributed by atoms with Crippen LogP contribution in [0.15, 0.2) is 24.3 Å². The van der Waals surface area contributed by atoms with Crippen LogP contribution in [0.1, 0.15) is 35.4 Å². The Labute approximate surface area is 102 Å². The highest BCUT2D eigenvalue weighted by molar-refractivity contribution is 5.39. The van der Waals surface area contributed by atoms with Crippen molar-refractivity contribution in [3.05, 3.63) is 46.8 Å². The highest BCUT2D eigenvalue weighted by atomic mass is 15.3. The van der Waals surface area contributed by atoms with Gasteiger partial charge in [0.05, 0.1) is 11.4 Å². The van der Waals surface area contributed by atoms with E-state index in [0.717, 1.165) is 0 Å². The lowest BCUT2D eigenvalue weighted by Gasteiger charge is -2.14. The van der Waals surface area contributed by atoms with Crippen molar-refractivity contribution in [2.75, 3.05) is 0 Å². The van der Waals surface area contributed by atoms with Crippen molar-refractivity contribution < 1.29 is 0 Å². The number of hydrogen-bond acceptors (Lipinski definition) is 1. The van der Waals surface area contributed by atoms with E-state index in [4.69, 9.17) is 5.10 Å². The summed E-state index contributed by atoms with van der Waals surface area (Å²) in [6.45, 7) is 4.25. The first-order valence-electron chi connectivity index (χ1n) is 6.40. The first-order valence-corrected chi connectivity index (χ1v) is 6.40. The third kappa shape index (κ3) is 1.78. The molecule has 0 aliphatic heterocycles. The van der Waals surface area contributed by atoms with Gasteiger partial charge in [-0.1, -0.05) is 17.7 Å². The summed E-state index contributed by atoms with van der Waals surface area (Å²) in [6, 6.07) is 8.64. The summed E-state index contributed by atoms with van der Waals surface area (Å²) < 4.78 is 2.14. The van der Waals surface area contributed by atoms with Crippen LogP contribution in [0.2, 0.25) is 0 Å². The molecule has 2 heteroatoms. The van der Waals surface area contributed by atoms with Gasteiger partial charge in [0.15, 0.2) is 0 Å². The van der Waals surface area contributed by atoms with Crippen LogP contribution in [0.25, 0.3) is 5.69 Å². The second kappa shape index (κ2) is 4.02. The second-order valence-corrected chi connectivity index (χ2v) is 4.97. The summed E-state index contributed by atoms with van der Waals surface area (Å²) in [5.41, 5.74) is 6.61. The largest absolute Gasteiger partial charge is 0.237 e. The molecule has 0 N–H and O–H groups in total. The second-order valence-electron chi connectivity index (χ2n) is 4.97. The van der Waals surface area contributed by atoms with Crippen molar-refractivity contribution in [3.63, 3.8) is 0 Å². The minimum absolute atomic E-state index is 1.17. The van der Waals surface area contributed by atoms with Crippen LogP contribution in [0, 0.1) is 13.8 Å². The fraction of sp³-hybridized carbons (Fsp3) is 0.400. The quantitative estimate of drug-likeness (QED) is 0.729. The molecule has 0 spiro atoms. The van der Waals surface area contributed by atoms with Gasteiger partial charge in [0.25, 0.3) is 0 Å². The third-order valence-electron chi connectivity index (χ3n) is 3.66. The van der Waals surface area contributed by atoms with Crippen molar-refractivity contribution in [2.24, 2.45) is 0 Å². The van der Waals surface area contributed by atoms with Gasteiger partial charge in [0.2, 0.25) is 0 Å². The van der Waals surface area contributed by atoms with E-state index in [1.54, 1.807) is 0 Å². The van der Waals surface area contributed by atoms with E-state index in [2.05, 4.69) is 42.8 Å². The summed E-state index contributed by atoms with van der Waals surface area (Å²) in [5.74, 6) is 0. The first-order chi connectivity index (χ1) is 8.25. The zero-order valence-electron chi connectivity index (χ0n) is 10.5. The summed E-state index contributed by atoms with van der Waals surface area (Å²) in [6.07, 6.45) is 4.98. The molecule has 2 aromatic rings. The number of benzene rings is 1. The Bertz CT molecular complexity index is 535. The minimum atomic E-state index is 1.17. The van der Waals surface area contributed by atoms with Crippen LogP contribution in [-0.2, 0) is 12.8 Å². The molecule has 0 amide bonds. The number of aromatic nitrogens is 2.